The molecule has 64 valence electrons. The third kappa shape index (κ3) is 5.61. The van der Waals surface area contributed by atoms with Crippen molar-refractivity contribution in [2.24, 2.45) is 5.73 Å². The monoisotopic (exact) mass is 157 g/mol. The van der Waals surface area contributed by atoms with Crippen molar-refractivity contribution in [3.63, 3.8) is 0 Å². The number of nitrogens with two attached hydrogens (primary N) is 1. The zero-order valence-electron chi connectivity index (χ0n) is 7.09. The number of carbonyl (C=O) groups excluding carboxylic acids is 1. The van der Waals surface area contributed by atoms with Gasteiger partial charge in [0.25, 0.3) is 0 Å². The number of hydrogen-bond donors (Lipinski definition) is 1. The van der Waals surface area contributed by atoms with Crippen LogP contribution in [0.5, 0.6) is 0 Å². The van der Waals surface area contributed by atoms with Gasteiger partial charge in [0.2, 0.25) is 0 Å². The minimum atomic E-state index is -0.342. The number of rotatable bonds is 4. The summed E-state index contributed by atoms with van der Waals surface area (Å²) in [7, 11) is 0. The smallest absolute Gasteiger partial charge is 0.333 e. The Hall–Kier alpha value is -0.830. The fraction of sp³-hybridized carbons (Fsp3) is 0.625. The van der Waals surface area contributed by atoms with Gasteiger partial charge >= 0.3 is 5.97 Å². The molecule has 0 aromatic rings. The van der Waals surface area contributed by atoms with Gasteiger partial charge in [0, 0.05) is 11.6 Å². The molecule has 0 saturated carbocycles. The third-order valence-electron chi connectivity index (χ3n) is 1.15. The maximum atomic E-state index is 10.8. The van der Waals surface area contributed by atoms with Gasteiger partial charge in [0.1, 0.15) is 0 Å². The van der Waals surface area contributed by atoms with E-state index in [9.17, 15) is 4.79 Å². The van der Waals surface area contributed by atoms with E-state index < -0.39 is 0 Å². The number of hydrogen-bond acceptors (Lipinski definition) is 3. The minimum absolute atomic E-state index is 0.0768. The van der Waals surface area contributed by atoms with Crippen LogP contribution in [-0.2, 0) is 9.53 Å². The van der Waals surface area contributed by atoms with Crippen molar-refractivity contribution in [3.8, 4) is 0 Å². The van der Waals surface area contributed by atoms with Gasteiger partial charge in [0.15, 0.2) is 0 Å². The Labute approximate surface area is 67.2 Å². The summed E-state index contributed by atoms with van der Waals surface area (Å²) in [5.74, 6) is -0.342. The second-order valence-corrected chi connectivity index (χ2v) is 2.68. The Balaban J connectivity index is 3.40. The Kier molecular flexibility index (Phi) is 4.54. The van der Waals surface area contributed by atoms with E-state index in [4.69, 9.17) is 10.5 Å². The first-order valence-electron chi connectivity index (χ1n) is 3.62. The van der Waals surface area contributed by atoms with E-state index >= 15 is 0 Å². The predicted octanol–water partition coefficient (Wildman–Crippen LogP) is 0.843. The summed E-state index contributed by atoms with van der Waals surface area (Å²) in [5, 5.41) is 0. The summed E-state index contributed by atoms with van der Waals surface area (Å²) in [6, 6.07) is 0.0768. The minimum Gasteiger partial charge on any atom is -0.462 e. The molecule has 0 spiro atoms. The number of carbonyl (C=O) groups is 1. The molecule has 0 radical (unpaired) electrons. The molecule has 0 aliphatic rings. The molecule has 1 atom stereocenters. The van der Waals surface area contributed by atoms with E-state index in [2.05, 4.69) is 6.58 Å². The molecular weight excluding hydrogens is 142 g/mol. The normalized spacial score (nSPS) is 12.3. The first-order valence-corrected chi connectivity index (χ1v) is 3.62. The molecule has 3 nitrogen and oxygen atoms in total. The first kappa shape index (κ1) is 10.2. The van der Waals surface area contributed by atoms with E-state index in [0.29, 0.717) is 18.6 Å². The molecule has 3 heteroatoms. The first-order chi connectivity index (χ1) is 5.04. The summed E-state index contributed by atoms with van der Waals surface area (Å²) in [6.07, 6.45) is 0.693. The molecule has 0 aliphatic heterocycles. The fourth-order valence-corrected chi connectivity index (χ4v) is 0.461. The van der Waals surface area contributed by atoms with Crippen LogP contribution in [0.1, 0.15) is 20.3 Å². The lowest BCUT2D eigenvalue weighted by molar-refractivity contribution is -0.139. The molecule has 2 N–H and O–H groups in total. The SMILES string of the molecule is C=C(C)C(=O)OCC[C@@H](C)N. The zero-order chi connectivity index (χ0) is 8.85. The van der Waals surface area contributed by atoms with E-state index in [1.165, 1.54) is 0 Å². The van der Waals surface area contributed by atoms with E-state index in [1.54, 1.807) is 6.92 Å². The largest absolute Gasteiger partial charge is 0.462 e. The standard InChI is InChI=1S/C8H15NO2/c1-6(2)8(10)11-5-4-7(3)9/h7H,1,4-5,9H2,2-3H3/t7-/m1/s1. The molecule has 0 amide bonds. The van der Waals surface area contributed by atoms with Crippen molar-refractivity contribution >= 4 is 5.97 Å². The Bertz CT molecular complexity index is 152. The second-order valence-electron chi connectivity index (χ2n) is 2.68. The molecule has 0 aromatic carbocycles. The molecule has 0 aliphatic carbocycles. The van der Waals surface area contributed by atoms with Crippen molar-refractivity contribution in [2.45, 2.75) is 26.3 Å². The van der Waals surface area contributed by atoms with Gasteiger partial charge in [-0.3, -0.25) is 0 Å². The van der Waals surface area contributed by atoms with Crippen LogP contribution in [0.3, 0.4) is 0 Å². The molecule has 0 aromatic heterocycles. The Morgan fingerprint density at radius 2 is 2.27 bits per heavy atom. The van der Waals surface area contributed by atoms with Crippen LogP contribution in [0, 0.1) is 0 Å². The maximum absolute atomic E-state index is 10.8. The van der Waals surface area contributed by atoms with Crippen LogP contribution in [0.25, 0.3) is 0 Å². The van der Waals surface area contributed by atoms with Crippen molar-refractivity contribution in [3.05, 3.63) is 12.2 Å². The number of ether oxygens (including phenoxy) is 1. The van der Waals surface area contributed by atoms with Crippen LogP contribution >= 0.6 is 0 Å². The van der Waals surface area contributed by atoms with Crippen LogP contribution in [-0.4, -0.2) is 18.6 Å². The summed E-state index contributed by atoms with van der Waals surface area (Å²) in [4.78, 5) is 10.8. The van der Waals surface area contributed by atoms with Crippen molar-refractivity contribution in [2.75, 3.05) is 6.61 Å². The molecule has 0 heterocycles. The number of esters is 1. The average molecular weight is 157 g/mol. The lowest BCUT2D eigenvalue weighted by Crippen LogP contribution is -2.18. The highest BCUT2D eigenvalue weighted by Crippen LogP contribution is 1.94. The molecular formula is C8H15NO2. The van der Waals surface area contributed by atoms with Crippen molar-refractivity contribution in [1.29, 1.82) is 0 Å². The van der Waals surface area contributed by atoms with E-state index in [-0.39, 0.29) is 12.0 Å². The summed E-state index contributed by atoms with van der Waals surface area (Å²) in [5.41, 5.74) is 5.87. The lowest BCUT2D eigenvalue weighted by atomic mass is 10.3. The highest BCUT2D eigenvalue weighted by Gasteiger charge is 2.02. The van der Waals surface area contributed by atoms with Crippen LogP contribution in [0.15, 0.2) is 12.2 Å². The topological polar surface area (TPSA) is 52.3 Å². The zero-order valence-corrected chi connectivity index (χ0v) is 7.09. The summed E-state index contributed by atoms with van der Waals surface area (Å²) < 4.78 is 4.80. The molecule has 0 unspecified atom stereocenters. The molecule has 0 rings (SSSR count). The fourth-order valence-electron chi connectivity index (χ4n) is 0.461. The average Bonchev–Trinajstić information content (AvgIpc) is 1.86. The summed E-state index contributed by atoms with van der Waals surface area (Å²) >= 11 is 0. The van der Waals surface area contributed by atoms with Crippen LogP contribution < -0.4 is 5.73 Å². The highest BCUT2D eigenvalue weighted by atomic mass is 16.5. The van der Waals surface area contributed by atoms with Gasteiger partial charge in [-0.2, -0.15) is 0 Å². The van der Waals surface area contributed by atoms with Crippen molar-refractivity contribution in [1.82, 2.24) is 0 Å². The van der Waals surface area contributed by atoms with Crippen LogP contribution in [0.4, 0.5) is 0 Å². The molecule has 0 bridgehead atoms. The van der Waals surface area contributed by atoms with Gasteiger partial charge in [0.05, 0.1) is 6.61 Å². The molecule has 0 saturated heterocycles. The lowest BCUT2D eigenvalue weighted by Gasteiger charge is -2.05. The predicted molar refractivity (Wildman–Crippen MR) is 44.0 cm³/mol. The maximum Gasteiger partial charge on any atom is 0.333 e. The van der Waals surface area contributed by atoms with Gasteiger partial charge < -0.3 is 10.5 Å². The van der Waals surface area contributed by atoms with Crippen molar-refractivity contribution < 1.29 is 9.53 Å². The Morgan fingerprint density at radius 3 is 2.64 bits per heavy atom. The summed E-state index contributed by atoms with van der Waals surface area (Å²) in [6.45, 7) is 7.31. The molecule has 0 fully saturated rings. The Morgan fingerprint density at radius 1 is 1.73 bits per heavy atom. The van der Waals surface area contributed by atoms with E-state index in [0.717, 1.165) is 0 Å². The molecule has 11 heavy (non-hydrogen) atoms. The van der Waals surface area contributed by atoms with Gasteiger partial charge in [-0.15, -0.1) is 0 Å². The highest BCUT2D eigenvalue weighted by molar-refractivity contribution is 5.86. The quantitative estimate of drug-likeness (QED) is 0.486. The van der Waals surface area contributed by atoms with Gasteiger partial charge in [-0.1, -0.05) is 6.58 Å². The van der Waals surface area contributed by atoms with Gasteiger partial charge in [-0.25, -0.2) is 4.79 Å². The third-order valence-corrected chi connectivity index (χ3v) is 1.15. The second kappa shape index (κ2) is 4.91. The van der Waals surface area contributed by atoms with Crippen LogP contribution in [0.2, 0.25) is 0 Å². The van der Waals surface area contributed by atoms with Gasteiger partial charge in [-0.05, 0) is 20.3 Å². The van der Waals surface area contributed by atoms with E-state index in [1.807, 2.05) is 6.92 Å².